The standard InChI is InChI=1S/C14H22BrN5/c1-4-7-19(10-14(2,3)9-16)13-17-12-6-5-11(15)8-20(12)18-13/h5-6,8H,4,7,9-10,16H2,1-3H3. The number of hydrogen-bond donors (Lipinski definition) is 1. The minimum Gasteiger partial charge on any atom is -0.339 e. The summed E-state index contributed by atoms with van der Waals surface area (Å²) < 4.78 is 2.79. The smallest absolute Gasteiger partial charge is 0.245 e. The molecule has 0 spiro atoms. The monoisotopic (exact) mass is 339 g/mol. The van der Waals surface area contributed by atoms with Crippen molar-refractivity contribution in [1.82, 2.24) is 14.6 Å². The van der Waals surface area contributed by atoms with Gasteiger partial charge in [-0.25, -0.2) is 4.52 Å². The summed E-state index contributed by atoms with van der Waals surface area (Å²) in [6, 6.07) is 3.93. The van der Waals surface area contributed by atoms with Crippen LogP contribution in [0.3, 0.4) is 0 Å². The molecule has 0 saturated heterocycles. The number of aromatic nitrogens is 3. The Bertz CT molecular complexity index is 578. The van der Waals surface area contributed by atoms with Gasteiger partial charge >= 0.3 is 0 Å². The van der Waals surface area contributed by atoms with Gasteiger partial charge in [0, 0.05) is 23.8 Å². The molecular formula is C14H22BrN5. The Hall–Kier alpha value is -1.14. The van der Waals surface area contributed by atoms with Crippen molar-refractivity contribution >= 4 is 27.5 Å². The molecule has 2 rings (SSSR count). The molecule has 2 N–H and O–H groups in total. The molecule has 2 aromatic heterocycles. The van der Waals surface area contributed by atoms with E-state index in [2.05, 4.69) is 51.7 Å². The number of nitrogens with two attached hydrogens (primary N) is 1. The molecule has 0 fully saturated rings. The van der Waals surface area contributed by atoms with Gasteiger partial charge in [0.25, 0.3) is 0 Å². The SMILES string of the molecule is CCCN(CC(C)(C)CN)c1nc2ccc(Br)cn2n1. The molecule has 0 aliphatic carbocycles. The molecule has 0 unspecified atom stereocenters. The molecule has 0 amide bonds. The van der Waals surface area contributed by atoms with Crippen LogP contribution in [0.25, 0.3) is 5.65 Å². The second-order valence-corrected chi connectivity index (χ2v) is 6.77. The summed E-state index contributed by atoms with van der Waals surface area (Å²) in [5.41, 5.74) is 6.75. The molecule has 0 aromatic carbocycles. The van der Waals surface area contributed by atoms with Crippen molar-refractivity contribution in [2.24, 2.45) is 11.1 Å². The van der Waals surface area contributed by atoms with E-state index in [9.17, 15) is 0 Å². The van der Waals surface area contributed by atoms with Crippen molar-refractivity contribution < 1.29 is 0 Å². The Labute approximate surface area is 128 Å². The average Bonchev–Trinajstić information content (AvgIpc) is 2.81. The Balaban J connectivity index is 2.31. The Kier molecular flexibility index (Phi) is 4.65. The highest BCUT2D eigenvalue weighted by atomic mass is 79.9. The van der Waals surface area contributed by atoms with Gasteiger partial charge in [-0.05, 0) is 46.4 Å². The summed E-state index contributed by atoms with van der Waals surface area (Å²) in [6.45, 7) is 8.93. The average molecular weight is 340 g/mol. The van der Waals surface area contributed by atoms with E-state index in [-0.39, 0.29) is 5.41 Å². The van der Waals surface area contributed by atoms with E-state index in [1.54, 1.807) is 4.52 Å². The first-order valence-corrected chi connectivity index (χ1v) is 7.71. The first-order chi connectivity index (χ1) is 9.45. The molecule has 0 saturated carbocycles. The maximum Gasteiger partial charge on any atom is 0.245 e. The second-order valence-electron chi connectivity index (χ2n) is 5.85. The summed E-state index contributed by atoms with van der Waals surface area (Å²) in [5.74, 6) is 0.770. The van der Waals surface area contributed by atoms with Crippen molar-refractivity contribution in [1.29, 1.82) is 0 Å². The van der Waals surface area contributed by atoms with Crippen LogP contribution < -0.4 is 10.6 Å². The second kappa shape index (κ2) is 6.10. The summed E-state index contributed by atoms with van der Waals surface area (Å²) in [7, 11) is 0. The first kappa shape index (κ1) is 15.3. The van der Waals surface area contributed by atoms with Crippen LogP contribution in [0.1, 0.15) is 27.2 Å². The fourth-order valence-corrected chi connectivity index (χ4v) is 2.41. The van der Waals surface area contributed by atoms with Crippen LogP contribution in [0, 0.1) is 5.41 Å². The molecule has 2 heterocycles. The molecule has 0 bridgehead atoms. The van der Waals surface area contributed by atoms with Crippen molar-refractivity contribution in [3.8, 4) is 0 Å². The van der Waals surface area contributed by atoms with E-state index in [0.717, 1.165) is 35.6 Å². The van der Waals surface area contributed by atoms with Gasteiger partial charge in [0.2, 0.25) is 5.95 Å². The predicted octanol–water partition coefficient (Wildman–Crippen LogP) is 2.69. The summed E-state index contributed by atoms with van der Waals surface area (Å²) in [5, 5.41) is 4.57. The molecule has 0 aliphatic heterocycles. The van der Waals surface area contributed by atoms with Gasteiger partial charge in [0.15, 0.2) is 5.65 Å². The lowest BCUT2D eigenvalue weighted by Crippen LogP contribution is -2.39. The van der Waals surface area contributed by atoms with Gasteiger partial charge in [-0.1, -0.05) is 20.8 Å². The predicted molar refractivity (Wildman–Crippen MR) is 86.0 cm³/mol. The van der Waals surface area contributed by atoms with Crippen molar-refractivity contribution in [3.05, 3.63) is 22.8 Å². The Morgan fingerprint density at radius 2 is 2.15 bits per heavy atom. The Morgan fingerprint density at radius 3 is 2.80 bits per heavy atom. The van der Waals surface area contributed by atoms with E-state index in [4.69, 9.17) is 5.73 Å². The summed E-state index contributed by atoms with van der Waals surface area (Å²) in [6.07, 6.45) is 2.98. The Morgan fingerprint density at radius 1 is 1.40 bits per heavy atom. The van der Waals surface area contributed by atoms with Crippen LogP contribution in [-0.4, -0.2) is 34.2 Å². The van der Waals surface area contributed by atoms with Crippen LogP contribution in [0.15, 0.2) is 22.8 Å². The molecule has 5 nitrogen and oxygen atoms in total. The van der Waals surface area contributed by atoms with Gasteiger partial charge in [0.05, 0.1) is 0 Å². The van der Waals surface area contributed by atoms with E-state index < -0.39 is 0 Å². The maximum atomic E-state index is 5.84. The van der Waals surface area contributed by atoms with E-state index in [0.29, 0.717) is 6.54 Å². The van der Waals surface area contributed by atoms with Gasteiger partial charge in [0.1, 0.15) is 0 Å². The molecule has 0 radical (unpaired) electrons. The molecule has 0 aliphatic rings. The number of pyridine rings is 1. The quantitative estimate of drug-likeness (QED) is 0.878. The lowest BCUT2D eigenvalue weighted by atomic mass is 9.93. The van der Waals surface area contributed by atoms with Crippen molar-refractivity contribution in [2.45, 2.75) is 27.2 Å². The van der Waals surface area contributed by atoms with Crippen molar-refractivity contribution in [3.63, 3.8) is 0 Å². The minimum atomic E-state index is 0.0488. The van der Waals surface area contributed by atoms with E-state index in [1.807, 2.05) is 18.3 Å². The zero-order valence-electron chi connectivity index (χ0n) is 12.3. The van der Waals surface area contributed by atoms with Crippen molar-refractivity contribution in [2.75, 3.05) is 24.5 Å². The molecular weight excluding hydrogens is 318 g/mol. The molecule has 110 valence electrons. The zero-order chi connectivity index (χ0) is 14.8. The number of nitrogens with zero attached hydrogens (tertiary/aromatic N) is 4. The zero-order valence-corrected chi connectivity index (χ0v) is 13.9. The molecule has 2 aromatic rings. The number of halogens is 1. The normalized spacial score (nSPS) is 12.1. The third kappa shape index (κ3) is 3.49. The molecule has 20 heavy (non-hydrogen) atoms. The van der Waals surface area contributed by atoms with Gasteiger partial charge in [-0.2, -0.15) is 4.98 Å². The summed E-state index contributed by atoms with van der Waals surface area (Å²) >= 11 is 3.45. The lowest BCUT2D eigenvalue weighted by Gasteiger charge is -2.30. The fourth-order valence-electron chi connectivity index (χ4n) is 2.08. The third-order valence-corrected chi connectivity index (χ3v) is 3.70. The maximum absolute atomic E-state index is 5.84. The van der Waals surface area contributed by atoms with Gasteiger partial charge < -0.3 is 10.6 Å². The minimum absolute atomic E-state index is 0.0488. The highest BCUT2D eigenvalue weighted by Crippen LogP contribution is 2.20. The van der Waals surface area contributed by atoms with Crippen LogP contribution in [0.2, 0.25) is 0 Å². The number of anilines is 1. The fraction of sp³-hybridized carbons (Fsp3) is 0.571. The lowest BCUT2D eigenvalue weighted by molar-refractivity contribution is 0.375. The van der Waals surface area contributed by atoms with E-state index in [1.165, 1.54) is 0 Å². The highest BCUT2D eigenvalue weighted by molar-refractivity contribution is 9.10. The third-order valence-electron chi connectivity index (χ3n) is 3.23. The van der Waals surface area contributed by atoms with Crippen LogP contribution in [-0.2, 0) is 0 Å². The van der Waals surface area contributed by atoms with Crippen LogP contribution >= 0.6 is 15.9 Å². The number of fused-ring (bicyclic) bond motifs is 1. The first-order valence-electron chi connectivity index (χ1n) is 6.92. The highest BCUT2D eigenvalue weighted by Gasteiger charge is 2.22. The molecule has 6 heteroatoms. The van der Waals surface area contributed by atoms with E-state index >= 15 is 0 Å². The number of rotatable bonds is 6. The van der Waals surface area contributed by atoms with Crippen LogP contribution in [0.4, 0.5) is 5.95 Å². The van der Waals surface area contributed by atoms with Gasteiger partial charge in [-0.15, -0.1) is 5.10 Å². The summed E-state index contributed by atoms with van der Waals surface area (Å²) in [4.78, 5) is 6.82. The largest absolute Gasteiger partial charge is 0.339 e. The van der Waals surface area contributed by atoms with Gasteiger partial charge in [-0.3, -0.25) is 0 Å². The topological polar surface area (TPSA) is 59.5 Å². The number of hydrogen-bond acceptors (Lipinski definition) is 4. The molecule has 0 atom stereocenters. The van der Waals surface area contributed by atoms with Crippen LogP contribution in [0.5, 0.6) is 0 Å².